The molecule has 0 bridgehead atoms. The van der Waals surface area contributed by atoms with E-state index in [-0.39, 0.29) is 10.6 Å². The number of hydrogen-bond donors (Lipinski definition) is 0. The van der Waals surface area contributed by atoms with Gasteiger partial charge >= 0.3 is 0 Å². The summed E-state index contributed by atoms with van der Waals surface area (Å²) in [6, 6.07) is 13.4. The third-order valence-corrected chi connectivity index (χ3v) is 5.30. The van der Waals surface area contributed by atoms with Gasteiger partial charge in [-0.15, -0.1) is 10.2 Å². The summed E-state index contributed by atoms with van der Waals surface area (Å²) in [5, 5.41) is 20.6. The number of nitro groups is 1. The normalized spacial score (nSPS) is 10.9. The van der Waals surface area contributed by atoms with Gasteiger partial charge in [0.05, 0.1) is 4.92 Å². The maximum absolute atomic E-state index is 11.1. The van der Waals surface area contributed by atoms with Gasteiger partial charge in [-0.05, 0) is 32.4 Å². The summed E-state index contributed by atoms with van der Waals surface area (Å²) < 4.78 is 2.08. The second-order valence-corrected chi connectivity index (χ2v) is 6.97. The molecule has 0 aliphatic rings. The molecule has 0 unspecified atom stereocenters. The van der Waals surface area contributed by atoms with Crippen LogP contribution in [0.4, 0.5) is 5.69 Å². The number of hydrogen-bond acceptors (Lipinski definition) is 5. The molecular weight excluding hydrogens is 348 g/mol. The minimum absolute atomic E-state index is 0.153. The van der Waals surface area contributed by atoms with Crippen molar-refractivity contribution < 1.29 is 4.92 Å². The average Bonchev–Trinajstić information content (AvgIpc) is 3.03. The molecule has 6 nitrogen and oxygen atoms in total. The van der Waals surface area contributed by atoms with Crippen molar-refractivity contribution >= 4 is 17.4 Å². The first-order valence-corrected chi connectivity index (χ1v) is 9.35. The smallest absolute Gasteiger partial charge is 0.272 e. The third kappa shape index (κ3) is 3.62. The van der Waals surface area contributed by atoms with Gasteiger partial charge in [0.15, 0.2) is 11.0 Å². The van der Waals surface area contributed by atoms with E-state index in [1.54, 1.807) is 24.8 Å². The lowest BCUT2D eigenvalue weighted by Crippen LogP contribution is -2.00. The Balaban J connectivity index is 1.86. The Morgan fingerprint density at radius 1 is 1.15 bits per heavy atom. The van der Waals surface area contributed by atoms with Crippen molar-refractivity contribution in [3.63, 3.8) is 0 Å². The van der Waals surface area contributed by atoms with Crippen molar-refractivity contribution in [1.82, 2.24) is 14.8 Å². The molecule has 134 valence electrons. The second kappa shape index (κ2) is 7.70. The molecule has 26 heavy (non-hydrogen) atoms. The first-order valence-electron chi connectivity index (χ1n) is 8.37. The number of nitro benzene ring substituents is 1. The van der Waals surface area contributed by atoms with Crippen LogP contribution < -0.4 is 0 Å². The molecule has 0 spiro atoms. The molecule has 0 fully saturated rings. The SMILES string of the molecule is CCn1c(SCc2cccc([N+](=O)[O-])c2C)nnc1-c1cccc(C)c1. The van der Waals surface area contributed by atoms with Crippen molar-refractivity contribution in [2.45, 2.75) is 38.2 Å². The molecule has 0 aliphatic carbocycles. The van der Waals surface area contributed by atoms with Crippen molar-refractivity contribution in [2.24, 2.45) is 0 Å². The largest absolute Gasteiger partial charge is 0.302 e. The fourth-order valence-electron chi connectivity index (χ4n) is 2.84. The van der Waals surface area contributed by atoms with Crippen LogP contribution in [-0.2, 0) is 12.3 Å². The first kappa shape index (κ1) is 18.1. The molecule has 0 amide bonds. The molecule has 0 saturated heterocycles. The fraction of sp³-hybridized carbons (Fsp3) is 0.263. The van der Waals surface area contributed by atoms with Gasteiger partial charge in [0, 0.05) is 29.5 Å². The van der Waals surface area contributed by atoms with E-state index in [4.69, 9.17) is 0 Å². The maximum Gasteiger partial charge on any atom is 0.272 e. The van der Waals surface area contributed by atoms with Crippen LogP contribution in [0.25, 0.3) is 11.4 Å². The highest BCUT2D eigenvalue weighted by molar-refractivity contribution is 7.98. The van der Waals surface area contributed by atoms with Crippen LogP contribution in [0.15, 0.2) is 47.6 Å². The number of benzene rings is 2. The van der Waals surface area contributed by atoms with Crippen LogP contribution in [0.5, 0.6) is 0 Å². The minimum Gasteiger partial charge on any atom is -0.302 e. The summed E-state index contributed by atoms with van der Waals surface area (Å²) in [5.41, 5.74) is 4.01. The van der Waals surface area contributed by atoms with Gasteiger partial charge in [0.25, 0.3) is 5.69 Å². The summed E-state index contributed by atoms with van der Waals surface area (Å²) in [4.78, 5) is 10.8. The quantitative estimate of drug-likeness (QED) is 0.355. The van der Waals surface area contributed by atoms with Gasteiger partial charge in [-0.25, -0.2) is 0 Å². The third-order valence-electron chi connectivity index (χ3n) is 4.28. The zero-order chi connectivity index (χ0) is 18.7. The van der Waals surface area contributed by atoms with E-state index >= 15 is 0 Å². The number of rotatable bonds is 6. The number of aryl methyl sites for hydroxylation is 1. The van der Waals surface area contributed by atoms with Gasteiger partial charge < -0.3 is 4.57 Å². The van der Waals surface area contributed by atoms with Crippen LogP contribution in [0, 0.1) is 24.0 Å². The van der Waals surface area contributed by atoms with E-state index in [0.717, 1.165) is 28.7 Å². The predicted molar refractivity (Wildman–Crippen MR) is 103 cm³/mol. The van der Waals surface area contributed by atoms with Crippen LogP contribution in [0.2, 0.25) is 0 Å². The highest BCUT2D eigenvalue weighted by Crippen LogP contribution is 2.29. The van der Waals surface area contributed by atoms with Crippen molar-refractivity contribution in [3.05, 3.63) is 69.3 Å². The summed E-state index contributed by atoms with van der Waals surface area (Å²) >= 11 is 1.55. The lowest BCUT2D eigenvalue weighted by Gasteiger charge is -2.09. The molecule has 3 aromatic rings. The van der Waals surface area contributed by atoms with Crippen LogP contribution >= 0.6 is 11.8 Å². The Hall–Kier alpha value is -2.67. The molecule has 0 aliphatic heterocycles. The average molecular weight is 368 g/mol. The standard InChI is InChI=1S/C19H20N4O2S/c1-4-22-18(15-8-5-7-13(2)11-15)20-21-19(22)26-12-16-9-6-10-17(14(16)3)23(24)25/h5-11H,4,12H2,1-3H3. The molecule has 3 rings (SSSR count). The van der Waals surface area contributed by atoms with Gasteiger partial charge in [0.1, 0.15) is 0 Å². The molecule has 0 radical (unpaired) electrons. The summed E-state index contributed by atoms with van der Waals surface area (Å²) in [5.74, 6) is 1.45. The van der Waals surface area contributed by atoms with E-state index in [2.05, 4.69) is 40.7 Å². The Kier molecular flexibility index (Phi) is 5.37. The van der Waals surface area contributed by atoms with E-state index in [1.807, 2.05) is 18.2 Å². The lowest BCUT2D eigenvalue weighted by molar-refractivity contribution is -0.385. The molecule has 0 saturated carbocycles. The van der Waals surface area contributed by atoms with Gasteiger partial charge in [0.2, 0.25) is 0 Å². The molecule has 7 heteroatoms. The molecule has 0 N–H and O–H groups in total. The predicted octanol–water partition coefficient (Wildman–Crippen LogP) is 4.78. The van der Waals surface area contributed by atoms with E-state index in [1.165, 1.54) is 11.6 Å². The fourth-order valence-corrected chi connectivity index (χ4v) is 3.91. The number of thioether (sulfide) groups is 1. The van der Waals surface area contributed by atoms with Crippen molar-refractivity contribution in [3.8, 4) is 11.4 Å². The second-order valence-electron chi connectivity index (χ2n) is 6.03. The topological polar surface area (TPSA) is 73.8 Å². The van der Waals surface area contributed by atoms with Gasteiger partial charge in [-0.3, -0.25) is 10.1 Å². The monoisotopic (exact) mass is 368 g/mol. The molecule has 0 atom stereocenters. The van der Waals surface area contributed by atoms with Crippen molar-refractivity contribution in [2.75, 3.05) is 0 Å². The maximum atomic E-state index is 11.1. The van der Waals surface area contributed by atoms with E-state index in [0.29, 0.717) is 11.3 Å². The van der Waals surface area contributed by atoms with E-state index < -0.39 is 0 Å². The Bertz CT molecular complexity index is 952. The molecular formula is C19H20N4O2S. The Morgan fingerprint density at radius 3 is 2.62 bits per heavy atom. The summed E-state index contributed by atoms with van der Waals surface area (Å²) in [6.45, 7) is 6.66. The van der Waals surface area contributed by atoms with Crippen molar-refractivity contribution in [1.29, 1.82) is 0 Å². The number of aromatic nitrogens is 3. The zero-order valence-corrected chi connectivity index (χ0v) is 15.8. The summed E-state index contributed by atoms with van der Waals surface area (Å²) in [7, 11) is 0. The molecule has 1 heterocycles. The molecule has 1 aromatic heterocycles. The van der Waals surface area contributed by atoms with Crippen LogP contribution in [-0.4, -0.2) is 19.7 Å². The van der Waals surface area contributed by atoms with Gasteiger partial charge in [-0.1, -0.05) is 47.7 Å². The van der Waals surface area contributed by atoms with Crippen LogP contribution in [0.1, 0.15) is 23.6 Å². The molecule has 2 aromatic carbocycles. The Labute approximate surface area is 156 Å². The minimum atomic E-state index is -0.339. The lowest BCUT2D eigenvalue weighted by atomic mass is 10.1. The van der Waals surface area contributed by atoms with Crippen LogP contribution in [0.3, 0.4) is 0 Å². The number of nitrogens with zero attached hydrogens (tertiary/aromatic N) is 4. The highest BCUT2D eigenvalue weighted by Gasteiger charge is 2.16. The zero-order valence-electron chi connectivity index (χ0n) is 15.0. The Morgan fingerprint density at radius 2 is 1.92 bits per heavy atom. The highest BCUT2D eigenvalue weighted by atomic mass is 32.2. The van der Waals surface area contributed by atoms with Gasteiger partial charge in [-0.2, -0.15) is 0 Å². The summed E-state index contributed by atoms with van der Waals surface area (Å²) in [6.07, 6.45) is 0. The first-order chi connectivity index (χ1) is 12.5. The van der Waals surface area contributed by atoms with E-state index in [9.17, 15) is 10.1 Å².